The van der Waals surface area contributed by atoms with Crippen LogP contribution in [0.5, 0.6) is 11.5 Å². The molecule has 1 rings (SSSR count). The van der Waals surface area contributed by atoms with Crippen molar-refractivity contribution in [3.8, 4) is 11.5 Å². The topological polar surface area (TPSA) is 94.1 Å². The molecule has 116 valence electrons. The second-order valence-corrected chi connectivity index (χ2v) is 4.21. The predicted molar refractivity (Wildman–Crippen MR) is 75.1 cm³/mol. The summed E-state index contributed by atoms with van der Waals surface area (Å²) in [6.45, 7) is 1.78. The van der Waals surface area contributed by atoms with Crippen molar-refractivity contribution in [1.29, 1.82) is 0 Å². The van der Waals surface area contributed by atoms with E-state index in [4.69, 9.17) is 19.3 Å². The molecule has 7 nitrogen and oxygen atoms in total. The van der Waals surface area contributed by atoms with Gasteiger partial charge in [0.2, 0.25) is 0 Å². The molecule has 7 heteroatoms. The molecule has 0 aromatic heterocycles. The first-order valence-corrected chi connectivity index (χ1v) is 6.30. The van der Waals surface area contributed by atoms with Gasteiger partial charge in [-0.25, -0.2) is 4.79 Å². The highest BCUT2D eigenvalue weighted by molar-refractivity contribution is 5.95. The Balaban J connectivity index is 2.63. The molecule has 0 unspecified atom stereocenters. The van der Waals surface area contributed by atoms with Gasteiger partial charge in [-0.3, -0.25) is 4.79 Å². The zero-order chi connectivity index (χ0) is 15.8. The fraction of sp³-hybridized carbons (Fsp3) is 0.429. The molecule has 2 N–H and O–H groups in total. The van der Waals surface area contributed by atoms with Gasteiger partial charge in [0.1, 0.15) is 18.1 Å². The van der Waals surface area contributed by atoms with Crippen molar-refractivity contribution in [3.05, 3.63) is 23.3 Å². The van der Waals surface area contributed by atoms with Gasteiger partial charge < -0.3 is 24.6 Å². The molecule has 0 saturated heterocycles. The maximum atomic E-state index is 12.0. The minimum absolute atomic E-state index is 0.123. The summed E-state index contributed by atoms with van der Waals surface area (Å²) >= 11 is 0. The summed E-state index contributed by atoms with van der Waals surface area (Å²) < 4.78 is 15.2. The van der Waals surface area contributed by atoms with Gasteiger partial charge >= 0.3 is 5.97 Å². The first kappa shape index (κ1) is 16.8. The number of hydrogen-bond donors (Lipinski definition) is 2. The maximum Gasteiger partial charge on any atom is 0.329 e. The standard InChI is InChI=1S/C14H19NO6/c1-9-11(19-2)6-10(7-12(9)20-3)14(18)15-4-5-21-8-13(16)17/h6-7H,4-5,8H2,1-3H3,(H,15,18)(H,16,17). The number of nitrogens with one attached hydrogen (secondary N) is 1. The van der Waals surface area contributed by atoms with E-state index in [1.807, 2.05) is 6.92 Å². The molecular formula is C14H19NO6. The van der Waals surface area contributed by atoms with E-state index in [0.717, 1.165) is 5.56 Å². The Labute approximate surface area is 122 Å². The van der Waals surface area contributed by atoms with E-state index >= 15 is 0 Å². The summed E-state index contributed by atoms with van der Waals surface area (Å²) in [5, 5.41) is 11.0. The summed E-state index contributed by atoms with van der Waals surface area (Å²) in [6, 6.07) is 3.23. The largest absolute Gasteiger partial charge is 0.496 e. The van der Waals surface area contributed by atoms with E-state index in [1.54, 1.807) is 12.1 Å². The Morgan fingerprint density at radius 2 is 1.76 bits per heavy atom. The lowest BCUT2D eigenvalue weighted by molar-refractivity contribution is -0.142. The SMILES string of the molecule is COc1cc(C(=O)NCCOCC(=O)O)cc(OC)c1C. The minimum Gasteiger partial charge on any atom is -0.496 e. The molecule has 1 aromatic carbocycles. The molecule has 1 aromatic rings. The number of ether oxygens (including phenoxy) is 3. The molecule has 0 aliphatic heterocycles. The lowest BCUT2D eigenvalue weighted by Crippen LogP contribution is -2.28. The van der Waals surface area contributed by atoms with Crippen LogP contribution in [0.2, 0.25) is 0 Å². The normalized spacial score (nSPS) is 10.0. The molecular weight excluding hydrogens is 278 g/mol. The van der Waals surface area contributed by atoms with Crippen LogP contribution in [0.3, 0.4) is 0 Å². The van der Waals surface area contributed by atoms with Crippen molar-refractivity contribution in [2.45, 2.75) is 6.92 Å². The molecule has 0 radical (unpaired) electrons. The Kier molecular flexibility index (Phi) is 6.48. The number of carboxylic acid groups (broad SMARTS) is 1. The number of hydrogen-bond acceptors (Lipinski definition) is 5. The van der Waals surface area contributed by atoms with E-state index < -0.39 is 5.97 Å². The van der Waals surface area contributed by atoms with E-state index in [9.17, 15) is 9.59 Å². The third-order valence-electron chi connectivity index (χ3n) is 2.77. The van der Waals surface area contributed by atoms with Crippen molar-refractivity contribution in [3.63, 3.8) is 0 Å². The van der Waals surface area contributed by atoms with Crippen LogP contribution in [-0.4, -0.2) is 51.0 Å². The fourth-order valence-electron chi connectivity index (χ4n) is 1.72. The second-order valence-electron chi connectivity index (χ2n) is 4.21. The number of carboxylic acids is 1. The second kappa shape index (κ2) is 8.11. The zero-order valence-corrected chi connectivity index (χ0v) is 12.3. The van der Waals surface area contributed by atoms with Gasteiger partial charge in [-0.1, -0.05) is 0 Å². The van der Waals surface area contributed by atoms with Crippen molar-refractivity contribution in [2.75, 3.05) is 34.0 Å². The van der Waals surface area contributed by atoms with E-state index in [-0.39, 0.29) is 25.7 Å². The van der Waals surface area contributed by atoms with Crippen LogP contribution in [-0.2, 0) is 9.53 Å². The van der Waals surface area contributed by atoms with Gasteiger partial charge in [0.15, 0.2) is 0 Å². The molecule has 0 atom stereocenters. The molecule has 0 bridgehead atoms. The first-order chi connectivity index (χ1) is 9.99. The molecule has 0 spiro atoms. The van der Waals surface area contributed by atoms with E-state index in [0.29, 0.717) is 17.1 Å². The highest BCUT2D eigenvalue weighted by Gasteiger charge is 2.13. The van der Waals surface area contributed by atoms with Gasteiger partial charge in [-0.05, 0) is 19.1 Å². The number of amides is 1. The van der Waals surface area contributed by atoms with Crippen molar-refractivity contribution >= 4 is 11.9 Å². The molecule has 1 amide bonds. The molecule has 21 heavy (non-hydrogen) atoms. The van der Waals surface area contributed by atoms with Crippen LogP contribution >= 0.6 is 0 Å². The van der Waals surface area contributed by atoms with Crippen LogP contribution < -0.4 is 14.8 Å². The molecule has 0 saturated carbocycles. The molecule has 0 fully saturated rings. The molecule has 0 aliphatic rings. The summed E-state index contributed by atoms with van der Waals surface area (Å²) in [4.78, 5) is 22.2. The van der Waals surface area contributed by atoms with Crippen molar-refractivity contribution in [1.82, 2.24) is 5.32 Å². The quantitative estimate of drug-likeness (QED) is 0.691. The number of rotatable bonds is 8. The average molecular weight is 297 g/mol. The van der Waals surface area contributed by atoms with Crippen LogP contribution in [0.25, 0.3) is 0 Å². The van der Waals surface area contributed by atoms with Gasteiger partial charge in [0.05, 0.1) is 20.8 Å². The van der Waals surface area contributed by atoms with Gasteiger partial charge in [-0.15, -0.1) is 0 Å². The minimum atomic E-state index is -1.05. The first-order valence-electron chi connectivity index (χ1n) is 6.30. The number of carbonyl (C=O) groups excluding carboxylic acids is 1. The number of methoxy groups -OCH3 is 2. The smallest absolute Gasteiger partial charge is 0.329 e. The highest BCUT2D eigenvalue weighted by atomic mass is 16.5. The highest BCUT2D eigenvalue weighted by Crippen LogP contribution is 2.29. The number of carbonyl (C=O) groups is 2. The molecule has 0 aliphatic carbocycles. The van der Waals surface area contributed by atoms with Gasteiger partial charge in [0.25, 0.3) is 5.91 Å². The average Bonchev–Trinajstić information content (AvgIpc) is 2.46. The monoisotopic (exact) mass is 297 g/mol. The summed E-state index contributed by atoms with van der Waals surface area (Å²) in [5.74, 6) is -0.247. The Morgan fingerprint density at radius 1 is 1.19 bits per heavy atom. The Bertz CT molecular complexity index is 489. The molecule has 0 heterocycles. The fourth-order valence-corrected chi connectivity index (χ4v) is 1.72. The van der Waals surface area contributed by atoms with E-state index in [1.165, 1.54) is 14.2 Å². The Morgan fingerprint density at radius 3 is 2.24 bits per heavy atom. The summed E-state index contributed by atoms with van der Waals surface area (Å²) in [6.07, 6.45) is 0. The van der Waals surface area contributed by atoms with Gasteiger partial charge in [0, 0.05) is 17.7 Å². The lowest BCUT2D eigenvalue weighted by Gasteiger charge is -2.12. The maximum absolute atomic E-state index is 12.0. The van der Waals surface area contributed by atoms with Crippen LogP contribution in [0.1, 0.15) is 15.9 Å². The summed E-state index contributed by atoms with van der Waals surface area (Å²) in [7, 11) is 3.03. The van der Waals surface area contributed by atoms with Crippen molar-refractivity contribution < 1.29 is 28.9 Å². The van der Waals surface area contributed by atoms with Crippen molar-refractivity contribution in [2.24, 2.45) is 0 Å². The van der Waals surface area contributed by atoms with E-state index in [2.05, 4.69) is 5.32 Å². The van der Waals surface area contributed by atoms with Crippen LogP contribution in [0, 0.1) is 6.92 Å². The van der Waals surface area contributed by atoms with Gasteiger partial charge in [-0.2, -0.15) is 0 Å². The van der Waals surface area contributed by atoms with Crippen LogP contribution in [0.15, 0.2) is 12.1 Å². The third kappa shape index (κ3) is 4.96. The lowest BCUT2D eigenvalue weighted by atomic mass is 10.1. The number of aliphatic carboxylic acids is 1. The third-order valence-corrected chi connectivity index (χ3v) is 2.77. The predicted octanol–water partition coefficient (Wildman–Crippen LogP) is 0.843. The van der Waals surface area contributed by atoms with Crippen LogP contribution in [0.4, 0.5) is 0 Å². The Hall–Kier alpha value is -2.28. The number of benzene rings is 1. The zero-order valence-electron chi connectivity index (χ0n) is 12.3. The summed E-state index contributed by atoms with van der Waals surface area (Å²) in [5.41, 5.74) is 1.20.